The van der Waals surface area contributed by atoms with Gasteiger partial charge in [0.15, 0.2) is 6.10 Å². The number of benzene rings is 1. The summed E-state index contributed by atoms with van der Waals surface area (Å²) in [5, 5.41) is 2.88. The van der Waals surface area contributed by atoms with E-state index in [0.717, 1.165) is 15.8 Å². The summed E-state index contributed by atoms with van der Waals surface area (Å²) in [4.78, 5) is 16.8. The number of nitrogens with one attached hydrogen (secondary N) is 1. The Hall–Kier alpha value is -2.34. The van der Waals surface area contributed by atoms with E-state index in [0.29, 0.717) is 12.3 Å². The molecule has 1 atom stereocenters. The summed E-state index contributed by atoms with van der Waals surface area (Å²) >= 11 is 3.43. The van der Waals surface area contributed by atoms with E-state index < -0.39 is 6.10 Å². The van der Waals surface area contributed by atoms with Crippen LogP contribution < -0.4 is 10.1 Å². The van der Waals surface area contributed by atoms with Crippen molar-refractivity contribution in [2.75, 3.05) is 0 Å². The molecule has 0 bridgehead atoms. The number of carbonyl (C=O) groups excluding carboxylic acids is 1. The predicted octanol–water partition coefficient (Wildman–Crippen LogP) is 4.48. The highest BCUT2D eigenvalue weighted by molar-refractivity contribution is 9.10. The van der Waals surface area contributed by atoms with Crippen molar-refractivity contribution in [3.63, 3.8) is 0 Å². The molecular weight excluding hydrogens is 406 g/mol. The quantitative estimate of drug-likeness (QED) is 0.650. The zero-order chi connectivity index (χ0) is 19.6. The second kappa shape index (κ2) is 7.72. The van der Waals surface area contributed by atoms with Crippen molar-refractivity contribution in [1.29, 1.82) is 0 Å². The largest absolute Gasteiger partial charge is 0.481 e. The molecule has 3 rings (SSSR count). The molecule has 1 aromatic carbocycles. The number of pyridine rings is 1. The minimum Gasteiger partial charge on any atom is -0.481 e. The van der Waals surface area contributed by atoms with Gasteiger partial charge in [0.25, 0.3) is 5.91 Å². The highest BCUT2D eigenvalue weighted by Crippen LogP contribution is 2.24. The van der Waals surface area contributed by atoms with Gasteiger partial charge in [-0.3, -0.25) is 4.79 Å². The number of hydrogen-bond donors (Lipinski definition) is 1. The van der Waals surface area contributed by atoms with Gasteiger partial charge < -0.3 is 14.5 Å². The summed E-state index contributed by atoms with van der Waals surface area (Å²) in [6.45, 7) is 8.59. The van der Waals surface area contributed by atoms with Gasteiger partial charge in [-0.15, -0.1) is 0 Å². The molecule has 0 saturated carbocycles. The number of halogens is 1. The third-order valence-corrected chi connectivity index (χ3v) is 4.78. The Morgan fingerprint density at radius 1 is 1.19 bits per heavy atom. The Bertz CT molecular complexity index is 942. The molecule has 2 heterocycles. The molecular formula is C21H24BrN3O2. The minimum atomic E-state index is -0.586. The smallest absolute Gasteiger partial charge is 0.261 e. The van der Waals surface area contributed by atoms with Crippen LogP contribution in [-0.2, 0) is 16.8 Å². The molecule has 27 heavy (non-hydrogen) atoms. The number of hydrogen-bond acceptors (Lipinski definition) is 3. The van der Waals surface area contributed by atoms with Crippen molar-refractivity contribution in [2.45, 2.75) is 45.8 Å². The zero-order valence-corrected chi connectivity index (χ0v) is 17.6. The molecule has 2 aromatic heterocycles. The molecule has 142 valence electrons. The van der Waals surface area contributed by atoms with E-state index in [1.54, 1.807) is 6.92 Å². The van der Waals surface area contributed by atoms with Crippen molar-refractivity contribution in [2.24, 2.45) is 0 Å². The van der Waals surface area contributed by atoms with Crippen molar-refractivity contribution < 1.29 is 9.53 Å². The highest BCUT2D eigenvalue weighted by atomic mass is 79.9. The topological polar surface area (TPSA) is 55.6 Å². The third kappa shape index (κ3) is 4.89. The van der Waals surface area contributed by atoms with Crippen LogP contribution >= 0.6 is 15.9 Å². The fraction of sp³-hybridized carbons (Fsp3) is 0.333. The molecule has 0 aliphatic rings. The van der Waals surface area contributed by atoms with Crippen LogP contribution in [0.4, 0.5) is 0 Å². The third-order valence-electron chi connectivity index (χ3n) is 4.31. The van der Waals surface area contributed by atoms with E-state index in [1.165, 1.54) is 5.56 Å². The number of ether oxygens (including phenoxy) is 1. The van der Waals surface area contributed by atoms with E-state index in [-0.39, 0.29) is 11.3 Å². The van der Waals surface area contributed by atoms with Crippen LogP contribution in [0.3, 0.4) is 0 Å². The Morgan fingerprint density at radius 3 is 2.56 bits per heavy atom. The Balaban J connectivity index is 1.57. The fourth-order valence-electron chi connectivity index (χ4n) is 2.71. The lowest BCUT2D eigenvalue weighted by Gasteiger charge is -2.20. The fourth-order valence-corrected chi connectivity index (χ4v) is 3.07. The first-order valence-corrected chi connectivity index (χ1v) is 9.70. The van der Waals surface area contributed by atoms with Crippen LogP contribution in [0.15, 0.2) is 53.3 Å². The monoisotopic (exact) mass is 429 g/mol. The lowest BCUT2D eigenvalue weighted by molar-refractivity contribution is -0.127. The molecule has 1 N–H and O–H groups in total. The number of rotatable bonds is 5. The molecule has 0 saturated heterocycles. The molecule has 0 aliphatic heterocycles. The average molecular weight is 430 g/mol. The van der Waals surface area contributed by atoms with Crippen molar-refractivity contribution >= 4 is 27.5 Å². The normalized spacial score (nSPS) is 12.8. The van der Waals surface area contributed by atoms with Crippen LogP contribution in [0.25, 0.3) is 5.65 Å². The van der Waals surface area contributed by atoms with Gasteiger partial charge in [0.05, 0.1) is 12.2 Å². The van der Waals surface area contributed by atoms with Gasteiger partial charge in [-0.25, -0.2) is 4.98 Å². The van der Waals surface area contributed by atoms with Crippen LogP contribution in [-0.4, -0.2) is 21.4 Å². The second-order valence-corrected chi connectivity index (χ2v) is 8.51. The Labute approximate surface area is 167 Å². The van der Waals surface area contributed by atoms with Gasteiger partial charge in [0, 0.05) is 16.9 Å². The van der Waals surface area contributed by atoms with Gasteiger partial charge in [0.1, 0.15) is 11.4 Å². The van der Waals surface area contributed by atoms with Crippen LogP contribution in [0.1, 0.15) is 39.0 Å². The maximum absolute atomic E-state index is 12.3. The van der Waals surface area contributed by atoms with Crippen molar-refractivity contribution in [3.8, 4) is 5.75 Å². The van der Waals surface area contributed by atoms with Crippen LogP contribution in [0.5, 0.6) is 5.75 Å². The van der Waals surface area contributed by atoms with Crippen molar-refractivity contribution in [3.05, 3.63) is 64.5 Å². The van der Waals surface area contributed by atoms with Gasteiger partial charge in [-0.1, -0.05) is 32.9 Å². The van der Waals surface area contributed by atoms with E-state index >= 15 is 0 Å². The summed E-state index contributed by atoms with van der Waals surface area (Å²) in [6.07, 6.45) is 3.24. The maximum atomic E-state index is 12.3. The molecule has 0 fully saturated rings. The lowest BCUT2D eigenvalue weighted by atomic mass is 9.87. The number of fused-ring (bicyclic) bond motifs is 1. The number of aromatic nitrogens is 2. The van der Waals surface area contributed by atoms with Gasteiger partial charge >= 0.3 is 0 Å². The average Bonchev–Trinajstić information content (AvgIpc) is 3.01. The highest BCUT2D eigenvalue weighted by Gasteiger charge is 2.17. The molecule has 5 nitrogen and oxygen atoms in total. The van der Waals surface area contributed by atoms with Crippen LogP contribution in [0, 0.1) is 0 Å². The summed E-state index contributed by atoms with van der Waals surface area (Å²) in [6, 6.07) is 11.7. The first-order chi connectivity index (χ1) is 12.7. The van der Waals surface area contributed by atoms with E-state index in [2.05, 4.69) is 47.0 Å². The van der Waals surface area contributed by atoms with E-state index in [4.69, 9.17) is 4.74 Å². The van der Waals surface area contributed by atoms with Gasteiger partial charge in [-0.05, 0) is 58.1 Å². The number of imidazole rings is 1. The molecule has 1 amide bonds. The first kappa shape index (κ1) is 19.4. The van der Waals surface area contributed by atoms with Crippen LogP contribution in [0.2, 0.25) is 0 Å². The molecule has 0 radical (unpaired) electrons. The summed E-state index contributed by atoms with van der Waals surface area (Å²) < 4.78 is 8.66. The molecule has 0 spiro atoms. The second-order valence-electron chi connectivity index (χ2n) is 7.60. The SMILES string of the molecule is CC(Oc1ccc(C(C)(C)C)cc1)C(=O)NCc1cn2cc(Br)ccc2n1. The lowest BCUT2D eigenvalue weighted by Crippen LogP contribution is -2.36. The number of nitrogens with zero attached hydrogens (tertiary/aromatic N) is 2. The van der Waals surface area contributed by atoms with E-state index in [9.17, 15) is 4.79 Å². The molecule has 1 unspecified atom stereocenters. The predicted molar refractivity (Wildman–Crippen MR) is 110 cm³/mol. The molecule has 3 aromatic rings. The van der Waals surface area contributed by atoms with Crippen molar-refractivity contribution in [1.82, 2.24) is 14.7 Å². The number of carbonyl (C=O) groups is 1. The first-order valence-electron chi connectivity index (χ1n) is 8.90. The standard InChI is InChI=1S/C21H24BrN3O2/c1-14(27-18-8-5-15(6-9-18)21(2,3)4)20(26)23-11-17-13-25-12-16(22)7-10-19(25)24-17/h5-10,12-14H,11H2,1-4H3,(H,23,26). The summed E-state index contributed by atoms with van der Waals surface area (Å²) in [7, 11) is 0. The van der Waals surface area contributed by atoms with Gasteiger partial charge in [0.2, 0.25) is 0 Å². The molecule has 6 heteroatoms. The summed E-state index contributed by atoms with van der Waals surface area (Å²) in [5.41, 5.74) is 2.95. The Kier molecular flexibility index (Phi) is 5.56. The summed E-state index contributed by atoms with van der Waals surface area (Å²) in [5.74, 6) is 0.511. The van der Waals surface area contributed by atoms with E-state index in [1.807, 2.05) is 53.2 Å². The van der Waals surface area contributed by atoms with Gasteiger partial charge in [-0.2, -0.15) is 0 Å². The minimum absolute atomic E-state index is 0.0885. The zero-order valence-electron chi connectivity index (χ0n) is 16.0. The number of amides is 1. The molecule has 0 aliphatic carbocycles. The maximum Gasteiger partial charge on any atom is 0.261 e. The Morgan fingerprint density at radius 2 is 1.89 bits per heavy atom.